The third kappa shape index (κ3) is 4.34. The maximum Gasteiger partial charge on any atom is 0.288 e. The summed E-state index contributed by atoms with van der Waals surface area (Å²) in [6.07, 6.45) is 2.08. The minimum atomic E-state index is -0.256. The summed E-state index contributed by atoms with van der Waals surface area (Å²) in [7, 11) is 0. The summed E-state index contributed by atoms with van der Waals surface area (Å²) >= 11 is 0.993. The Morgan fingerprint density at radius 3 is 2.65 bits per heavy atom. The van der Waals surface area contributed by atoms with Crippen molar-refractivity contribution in [2.45, 2.75) is 27.2 Å². The molecule has 3 aromatic rings. The van der Waals surface area contributed by atoms with Crippen molar-refractivity contribution in [2.24, 2.45) is 0 Å². The van der Waals surface area contributed by atoms with Crippen LogP contribution in [0.4, 0.5) is 4.79 Å². The molecule has 0 atom stereocenters. The summed E-state index contributed by atoms with van der Waals surface area (Å²) in [4.78, 5) is 42.1. The predicted octanol–water partition coefficient (Wildman–Crippen LogP) is 3.28. The van der Waals surface area contributed by atoms with Crippen molar-refractivity contribution in [3.63, 3.8) is 0 Å². The van der Waals surface area contributed by atoms with Gasteiger partial charge in [0.1, 0.15) is 5.65 Å². The van der Waals surface area contributed by atoms with Crippen LogP contribution in [0, 0.1) is 20.8 Å². The van der Waals surface area contributed by atoms with Crippen LogP contribution in [0.1, 0.15) is 22.4 Å². The number of imidazole rings is 1. The summed E-state index contributed by atoms with van der Waals surface area (Å²) < 4.78 is 1.95. The fourth-order valence-corrected chi connectivity index (χ4v) is 4.36. The van der Waals surface area contributed by atoms with Gasteiger partial charge in [-0.15, -0.1) is 0 Å². The molecule has 1 aliphatic heterocycles. The number of nitrogens with zero attached hydrogens (tertiary/aromatic N) is 3. The number of aromatic nitrogens is 2. The molecule has 0 aliphatic carbocycles. The fraction of sp³-hybridized carbons (Fsp3) is 0.304. The number of carbonyl (C=O) groups is 3. The Labute approximate surface area is 184 Å². The van der Waals surface area contributed by atoms with Crippen molar-refractivity contribution in [1.82, 2.24) is 19.6 Å². The smallest absolute Gasteiger partial charge is 0.288 e. The lowest BCUT2D eigenvalue weighted by Crippen LogP contribution is -2.38. The Kier molecular flexibility index (Phi) is 5.82. The number of carbonyl (C=O) groups excluding carboxylic acids is 3. The molecule has 31 heavy (non-hydrogen) atoms. The van der Waals surface area contributed by atoms with Gasteiger partial charge in [0, 0.05) is 24.8 Å². The number of nitrogens with one attached hydrogen (secondary N) is 1. The average Bonchev–Trinajstić information content (AvgIpc) is 3.24. The van der Waals surface area contributed by atoms with E-state index in [0.717, 1.165) is 39.9 Å². The van der Waals surface area contributed by atoms with Gasteiger partial charge in [0.15, 0.2) is 0 Å². The zero-order chi connectivity index (χ0) is 22.1. The summed E-state index contributed by atoms with van der Waals surface area (Å²) in [5, 5.41) is 2.57. The minimum absolute atomic E-state index is 0.142. The molecule has 1 fully saturated rings. The molecule has 3 heterocycles. The molecule has 3 amide bonds. The highest BCUT2D eigenvalue weighted by atomic mass is 32.2. The fourth-order valence-electron chi connectivity index (χ4n) is 3.60. The van der Waals surface area contributed by atoms with E-state index in [1.807, 2.05) is 35.7 Å². The van der Waals surface area contributed by atoms with Gasteiger partial charge in [-0.25, -0.2) is 4.98 Å². The Morgan fingerprint density at radius 2 is 1.94 bits per heavy atom. The first-order valence-electron chi connectivity index (χ1n) is 10.1. The van der Waals surface area contributed by atoms with Gasteiger partial charge >= 0.3 is 0 Å². The average molecular weight is 437 g/mol. The Morgan fingerprint density at radius 1 is 1.13 bits per heavy atom. The second-order valence-corrected chi connectivity index (χ2v) is 8.69. The van der Waals surface area contributed by atoms with Crippen molar-refractivity contribution in [1.29, 1.82) is 0 Å². The van der Waals surface area contributed by atoms with Gasteiger partial charge in [0.25, 0.3) is 5.24 Å². The lowest BCUT2D eigenvalue weighted by Gasteiger charge is -2.13. The van der Waals surface area contributed by atoms with Gasteiger partial charge in [0.05, 0.1) is 23.6 Å². The number of thioether (sulfide) groups is 1. The van der Waals surface area contributed by atoms with Gasteiger partial charge in [-0.05, 0) is 55.7 Å². The van der Waals surface area contributed by atoms with Crippen molar-refractivity contribution < 1.29 is 14.4 Å². The second kappa shape index (κ2) is 8.55. The largest absolute Gasteiger partial charge is 0.354 e. The molecule has 1 N–H and O–H groups in total. The molecule has 0 unspecified atom stereocenters. The van der Waals surface area contributed by atoms with Gasteiger partial charge < -0.3 is 9.72 Å². The van der Waals surface area contributed by atoms with E-state index in [-0.39, 0.29) is 42.3 Å². The lowest BCUT2D eigenvalue weighted by atomic mass is 10.0. The van der Waals surface area contributed by atoms with E-state index < -0.39 is 0 Å². The number of amides is 3. The van der Waals surface area contributed by atoms with Crippen molar-refractivity contribution in [2.75, 3.05) is 18.8 Å². The van der Waals surface area contributed by atoms with Crippen LogP contribution in [0.15, 0.2) is 36.5 Å². The van der Waals surface area contributed by atoms with Crippen molar-refractivity contribution in [3.8, 4) is 11.3 Å². The van der Waals surface area contributed by atoms with E-state index in [4.69, 9.17) is 4.98 Å². The molecular weight excluding hydrogens is 412 g/mol. The number of pyridine rings is 1. The maximum atomic E-state index is 12.7. The number of aryl methyl sites for hydroxylation is 3. The van der Waals surface area contributed by atoms with E-state index in [1.165, 1.54) is 16.0 Å². The second-order valence-electron chi connectivity index (χ2n) is 7.77. The van der Waals surface area contributed by atoms with Crippen LogP contribution in [-0.2, 0) is 16.0 Å². The molecule has 4 rings (SSSR count). The third-order valence-corrected chi connectivity index (χ3v) is 6.35. The Balaban J connectivity index is 1.57. The molecule has 1 aliphatic rings. The highest BCUT2D eigenvalue weighted by Crippen LogP contribution is 2.27. The number of fused-ring (bicyclic) bond motifs is 1. The maximum absolute atomic E-state index is 12.7. The van der Waals surface area contributed by atoms with E-state index in [1.54, 1.807) is 0 Å². The monoisotopic (exact) mass is 436 g/mol. The first-order chi connectivity index (χ1) is 14.8. The summed E-state index contributed by atoms with van der Waals surface area (Å²) in [5.74, 6) is -0.217. The molecule has 0 spiro atoms. The highest BCUT2D eigenvalue weighted by Gasteiger charge is 2.29. The predicted molar refractivity (Wildman–Crippen MR) is 121 cm³/mol. The summed E-state index contributed by atoms with van der Waals surface area (Å²) in [6, 6.07) is 10.2. The van der Waals surface area contributed by atoms with E-state index in [2.05, 4.69) is 31.3 Å². The number of benzene rings is 1. The number of rotatable bonds is 6. The molecule has 0 saturated carbocycles. The number of hydrogen-bond acceptors (Lipinski definition) is 5. The number of hydrogen-bond donors (Lipinski definition) is 1. The minimum Gasteiger partial charge on any atom is -0.354 e. The van der Waals surface area contributed by atoms with Gasteiger partial charge in [0.2, 0.25) is 11.8 Å². The Hall–Kier alpha value is -3.13. The number of imide groups is 1. The highest BCUT2D eigenvalue weighted by molar-refractivity contribution is 8.14. The van der Waals surface area contributed by atoms with Gasteiger partial charge in [-0.3, -0.25) is 19.3 Å². The molecule has 160 valence electrons. The molecular formula is C23H24N4O3S. The molecule has 0 bridgehead atoms. The Bertz CT molecular complexity index is 1180. The zero-order valence-corrected chi connectivity index (χ0v) is 18.6. The molecule has 1 aromatic carbocycles. The molecule has 8 heteroatoms. The van der Waals surface area contributed by atoms with Crippen LogP contribution in [0.2, 0.25) is 0 Å². The normalized spacial score (nSPS) is 14.0. The molecule has 1 saturated heterocycles. The van der Waals surface area contributed by atoms with Crippen molar-refractivity contribution >= 4 is 34.5 Å². The van der Waals surface area contributed by atoms with Crippen LogP contribution in [0.5, 0.6) is 0 Å². The van der Waals surface area contributed by atoms with E-state index in [9.17, 15) is 14.4 Å². The first-order valence-corrected chi connectivity index (χ1v) is 11.1. The van der Waals surface area contributed by atoms with Crippen molar-refractivity contribution in [3.05, 3.63) is 58.9 Å². The van der Waals surface area contributed by atoms with E-state index >= 15 is 0 Å². The van der Waals surface area contributed by atoms with Crippen LogP contribution < -0.4 is 5.32 Å². The third-order valence-electron chi connectivity index (χ3n) is 5.49. The van der Waals surface area contributed by atoms with Crippen LogP contribution in [0.3, 0.4) is 0 Å². The molecule has 2 aromatic heterocycles. The lowest BCUT2D eigenvalue weighted by molar-refractivity contribution is -0.125. The summed E-state index contributed by atoms with van der Waals surface area (Å²) in [6.45, 7) is 6.55. The molecule has 7 nitrogen and oxygen atoms in total. The van der Waals surface area contributed by atoms with Gasteiger partial charge in [-0.2, -0.15) is 0 Å². The SMILES string of the molecule is Cc1ccn2c(CC(=O)NCCN3C(=O)CSC3=O)c(-c3ccc(C)c(C)c3)nc2c1. The zero-order valence-electron chi connectivity index (χ0n) is 17.8. The van der Waals surface area contributed by atoms with Crippen LogP contribution >= 0.6 is 11.8 Å². The van der Waals surface area contributed by atoms with Crippen LogP contribution in [0.25, 0.3) is 16.9 Å². The standard InChI is InChI=1S/C23H24N4O3S/c1-14-6-8-26-18(12-20(28)24-7-9-27-21(29)13-31-23(27)30)22(25-19(26)10-14)17-5-4-15(2)16(3)11-17/h4-6,8,10-11H,7,9,12-13H2,1-3H3,(H,24,28). The first kappa shape index (κ1) is 21.1. The summed E-state index contributed by atoms with van der Waals surface area (Å²) in [5.41, 5.74) is 6.81. The molecule has 0 radical (unpaired) electrons. The quantitative estimate of drug-likeness (QED) is 0.641. The van der Waals surface area contributed by atoms with Crippen LogP contribution in [-0.4, -0.2) is 50.2 Å². The van der Waals surface area contributed by atoms with Gasteiger partial charge in [-0.1, -0.05) is 23.9 Å². The topological polar surface area (TPSA) is 83.8 Å². The van der Waals surface area contributed by atoms with E-state index in [0.29, 0.717) is 0 Å².